The monoisotopic (exact) mass is 325 g/mol. The van der Waals surface area contributed by atoms with Crippen LogP contribution in [-0.4, -0.2) is 26.9 Å². The molecule has 21 heavy (non-hydrogen) atoms. The number of carbonyl (C=O) groups is 1. The smallest absolute Gasteiger partial charge is 0.495 e. The molecule has 0 unspecified atom stereocenters. The number of methoxy groups -OCH3 is 1. The number of amides is 1. The summed E-state index contributed by atoms with van der Waals surface area (Å²) in [6.45, 7) is 3.16. The Balaban J connectivity index is 3.33. The average molecular weight is 325 g/mol. The average Bonchev–Trinajstić information content (AvgIpc) is 2.37. The van der Waals surface area contributed by atoms with E-state index in [1.807, 2.05) is 0 Å². The van der Waals surface area contributed by atoms with Gasteiger partial charge in [0.25, 0.3) is 9.84 Å². The second-order valence-corrected chi connectivity index (χ2v) is 6.40. The van der Waals surface area contributed by atoms with Gasteiger partial charge in [-0.15, -0.1) is 0 Å². The minimum absolute atomic E-state index is 0.0603. The Morgan fingerprint density at radius 1 is 1.29 bits per heavy atom. The molecule has 1 N–H and O–H groups in total. The van der Waals surface area contributed by atoms with Gasteiger partial charge in [0.15, 0.2) is 0 Å². The number of hydrogen-bond acceptors (Lipinski definition) is 4. The van der Waals surface area contributed by atoms with Crippen molar-refractivity contribution in [2.24, 2.45) is 5.92 Å². The third kappa shape index (κ3) is 3.66. The Labute approximate surface area is 120 Å². The van der Waals surface area contributed by atoms with Gasteiger partial charge in [0.2, 0.25) is 5.91 Å². The van der Waals surface area contributed by atoms with Gasteiger partial charge in [-0.25, -0.2) is 8.42 Å². The molecule has 1 rings (SSSR count). The summed E-state index contributed by atoms with van der Waals surface area (Å²) in [6, 6.07) is 2.54. The number of ether oxygens (including phenoxy) is 1. The highest BCUT2D eigenvalue weighted by molar-refractivity contribution is 7.92. The molecule has 9 heteroatoms. The molecule has 0 spiro atoms. The summed E-state index contributed by atoms with van der Waals surface area (Å²) in [7, 11) is -4.24. The van der Waals surface area contributed by atoms with Crippen LogP contribution in [0.4, 0.5) is 18.9 Å². The summed E-state index contributed by atoms with van der Waals surface area (Å²) in [5.74, 6) is -0.849. The van der Waals surface area contributed by atoms with Crippen LogP contribution in [0.25, 0.3) is 0 Å². The second-order valence-electron chi connectivity index (χ2n) is 4.46. The predicted molar refractivity (Wildman–Crippen MR) is 69.7 cm³/mol. The first-order valence-electron chi connectivity index (χ1n) is 5.81. The molecule has 0 saturated heterocycles. The van der Waals surface area contributed by atoms with Crippen molar-refractivity contribution in [3.8, 4) is 5.75 Å². The standard InChI is InChI=1S/C12H14F3NO4S/c1-7(2)11(17)16-9-6-8(4-5-10(9)20-3)21(18,19)12(13,14)15/h4-7H,1-3H3,(H,16,17). The number of nitrogens with one attached hydrogen (secondary N) is 1. The number of benzene rings is 1. The van der Waals surface area contributed by atoms with Gasteiger partial charge in [-0.2, -0.15) is 13.2 Å². The van der Waals surface area contributed by atoms with Crippen LogP contribution in [0.5, 0.6) is 5.75 Å². The van der Waals surface area contributed by atoms with Crippen molar-refractivity contribution in [2.45, 2.75) is 24.3 Å². The van der Waals surface area contributed by atoms with Crippen molar-refractivity contribution in [3.05, 3.63) is 18.2 Å². The Hall–Kier alpha value is -1.77. The fourth-order valence-electron chi connectivity index (χ4n) is 1.36. The molecule has 0 heterocycles. The lowest BCUT2D eigenvalue weighted by Crippen LogP contribution is -2.24. The first-order chi connectivity index (χ1) is 9.50. The van der Waals surface area contributed by atoms with Crippen LogP contribution in [0.15, 0.2) is 23.1 Å². The topological polar surface area (TPSA) is 72.5 Å². The lowest BCUT2D eigenvalue weighted by Gasteiger charge is -2.14. The number of sulfone groups is 1. The molecular formula is C12H14F3NO4S. The van der Waals surface area contributed by atoms with E-state index >= 15 is 0 Å². The molecule has 0 atom stereocenters. The first-order valence-corrected chi connectivity index (χ1v) is 7.29. The van der Waals surface area contributed by atoms with Gasteiger partial charge < -0.3 is 10.1 Å². The van der Waals surface area contributed by atoms with Crippen molar-refractivity contribution >= 4 is 21.4 Å². The Kier molecular flexibility index (Phi) is 4.87. The van der Waals surface area contributed by atoms with Crippen LogP contribution in [0.1, 0.15) is 13.8 Å². The van der Waals surface area contributed by atoms with Crippen molar-refractivity contribution in [1.29, 1.82) is 0 Å². The Morgan fingerprint density at radius 2 is 1.86 bits per heavy atom. The molecule has 1 aromatic carbocycles. The molecule has 0 fully saturated rings. The molecule has 0 aromatic heterocycles. The maximum atomic E-state index is 12.5. The fraction of sp³-hybridized carbons (Fsp3) is 0.417. The first kappa shape index (κ1) is 17.3. The van der Waals surface area contributed by atoms with Gasteiger partial charge in [0.1, 0.15) is 5.75 Å². The zero-order valence-corrected chi connectivity index (χ0v) is 12.3. The minimum Gasteiger partial charge on any atom is -0.495 e. The van der Waals surface area contributed by atoms with Crippen LogP contribution >= 0.6 is 0 Å². The van der Waals surface area contributed by atoms with E-state index in [9.17, 15) is 26.4 Å². The number of alkyl halides is 3. The summed E-state index contributed by atoms with van der Waals surface area (Å²) < 4.78 is 65.1. The molecule has 0 aliphatic heterocycles. The van der Waals surface area contributed by atoms with Crippen LogP contribution in [-0.2, 0) is 14.6 Å². The van der Waals surface area contributed by atoms with Gasteiger partial charge in [-0.05, 0) is 18.2 Å². The molecule has 1 amide bonds. The molecule has 0 aliphatic rings. The van der Waals surface area contributed by atoms with E-state index in [-0.39, 0.29) is 11.4 Å². The summed E-state index contributed by atoms with van der Waals surface area (Å²) in [5.41, 5.74) is -5.55. The fourth-order valence-corrected chi connectivity index (χ4v) is 2.15. The maximum absolute atomic E-state index is 12.5. The van der Waals surface area contributed by atoms with Crippen molar-refractivity contribution in [2.75, 3.05) is 12.4 Å². The minimum atomic E-state index is -5.49. The lowest BCUT2D eigenvalue weighted by atomic mass is 10.2. The number of hydrogen-bond donors (Lipinski definition) is 1. The molecule has 0 saturated carbocycles. The third-order valence-corrected chi connectivity index (χ3v) is 4.05. The zero-order valence-electron chi connectivity index (χ0n) is 11.5. The molecule has 1 aromatic rings. The quantitative estimate of drug-likeness (QED) is 0.923. The third-order valence-electron chi connectivity index (χ3n) is 2.57. The zero-order chi connectivity index (χ0) is 16.4. The van der Waals surface area contributed by atoms with Crippen molar-refractivity contribution in [1.82, 2.24) is 0 Å². The van der Waals surface area contributed by atoms with Crippen LogP contribution in [0.3, 0.4) is 0 Å². The number of anilines is 1. The normalized spacial score (nSPS) is 12.3. The summed E-state index contributed by atoms with van der Waals surface area (Å²) in [5, 5.41) is 2.33. The van der Waals surface area contributed by atoms with Crippen LogP contribution < -0.4 is 10.1 Å². The summed E-state index contributed by atoms with van der Waals surface area (Å²) in [6.07, 6.45) is 0. The molecule has 0 bridgehead atoms. The van der Waals surface area contributed by atoms with E-state index in [0.717, 1.165) is 18.2 Å². The van der Waals surface area contributed by atoms with E-state index in [1.165, 1.54) is 7.11 Å². The molecular weight excluding hydrogens is 311 g/mol. The van der Waals surface area contributed by atoms with Crippen molar-refractivity contribution < 1.29 is 31.1 Å². The number of rotatable bonds is 4. The van der Waals surface area contributed by atoms with Gasteiger partial charge in [0, 0.05) is 5.92 Å². The predicted octanol–water partition coefficient (Wildman–Crippen LogP) is 2.58. The van der Waals surface area contributed by atoms with E-state index in [4.69, 9.17) is 4.74 Å². The van der Waals surface area contributed by atoms with Crippen LogP contribution in [0, 0.1) is 5.92 Å². The molecule has 118 valence electrons. The lowest BCUT2D eigenvalue weighted by molar-refractivity contribution is -0.118. The summed E-state index contributed by atoms with van der Waals surface area (Å²) in [4.78, 5) is 10.6. The highest BCUT2D eigenvalue weighted by Crippen LogP contribution is 2.34. The summed E-state index contributed by atoms with van der Waals surface area (Å²) >= 11 is 0. The largest absolute Gasteiger partial charge is 0.501 e. The van der Waals surface area contributed by atoms with Crippen molar-refractivity contribution in [3.63, 3.8) is 0 Å². The van der Waals surface area contributed by atoms with Crippen LogP contribution in [0.2, 0.25) is 0 Å². The van der Waals surface area contributed by atoms with E-state index < -0.39 is 32.1 Å². The molecule has 5 nitrogen and oxygen atoms in total. The number of halogens is 3. The second kappa shape index (κ2) is 5.92. The van der Waals surface area contributed by atoms with Gasteiger partial charge >= 0.3 is 5.51 Å². The van der Waals surface area contributed by atoms with E-state index in [1.54, 1.807) is 13.8 Å². The van der Waals surface area contributed by atoms with Gasteiger partial charge in [-0.1, -0.05) is 13.8 Å². The SMILES string of the molecule is COc1ccc(S(=O)(=O)C(F)(F)F)cc1NC(=O)C(C)C. The van der Waals surface area contributed by atoms with E-state index in [0.29, 0.717) is 0 Å². The highest BCUT2D eigenvalue weighted by atomic mass is 32.2. The highest BCUT2D eigenvalue weighted by Gasteiger charge is 2.47. The molecule has 0 aliphatic carbocycles. The Morgan fingerprint density at radius 3 is 2.29 bits per heavy atom. The van der Waals surface area contributed by atoms with Gasteiger partial charge in [0.05, 0.1) is 17.7 Å². The maximum Gasteiger partial charge on any atom is 0.501 e. The number of carbonyl (C=O) groups excluding carboxylic acids is 1. The van der Waals surface area contributed by atoms with Gasteiger partial charge in [-0.3, -0.25) is 4.79 Å². The van der Waals surface area contributed by atoms with E-state index in [2.05, 4.69) is 5.32 Å². The Bertz CT molecular complexity index is 638. The molecule has 0 radical (unpaired) electrons.